The molecule has 6 nitrogen and oxygen atoms in total. The van der Waals surface area contributed by atoms with E-state index in [1.54, 1.807) is 0 Å². The molecule has 0 unspecified atom stereocenters. The molecule has 3 rings (SSSR count). The van der Waals surface area contributed by atoms with Gasteiger partial charge in [-0.1, -0.05) is 19.9 Å². The van der Waals surface area contributed by atoms with Gasteiger partial charge in [0.1, 0.15) is 18.1 Å². The topological polar surface area (TPSA) is 60.6 Å². The highest BCUT2D eigenvalue weighted by Crippen LogP contribution is 2.22. The number of ether oxygens (including phenoxy) is 1. The lowest BCUT2D eigenvalue weighted by Gasteiger charge is -2.18. The van der Waals surface area contributed by atoms with Gasteiger partial charge in [0.25, 0.3) is 5.91 Å². The summed E-state index contributed by atoms with van der Waals surface area (Å²) in [6, 6.07) is 15.4. The van der Waals surface area contributed by atoms with E-state index < -0.39 is 0 Å². The lowest BCUT2D eigenvalue weighted by molar-refractivity contribution is 0.102. The van der Waals surface area contributed by atoms with Crippen molar-refractivity contribution in [1.29, 1.82) is 0 Å². The first-order valence-corrected chi connectivity index (χ1v) is 10.1. The number of likely N-dealkylation sites (N-methyl/N-ethyl adjacent to an activating group) is 1. The monoisotopic (exact) mass is 394 g/mol. The van der Waals surface area contributed by atoms with E-state index in [0.29, 0.717) is 12.3 Å². The van der Waals surface area contributed by atoms with Gasteiger partial charge in [-0.25, -0.2) is 0 Å². The van der Waals surface area contributed by atoms with E-state index in [1.807, 2.05) is 67.5 Å². The normalized spacial score (nSPS) is 11.1. The van der Waals surface area contributed by atoms with Gasteiger partial charge in [0.05, 0.1) is 0 Å². The molecule has 0 saturated heterocycles. The van der Waals surface area contributed by atoms with Crippen molar-refractivity contribution < 1.29 is 9.53 Å². The van der Waals surface area contributed by atoms with Crippen LogP contribution in [0.25, 0.3) is 10.9 Å². The minimum atomic E-state index is -0.164. The number of amides is 1. The third-order valence-corrected chi connectivity index (χ3v) is 5.05. The summed E-state index contributed by atoms with van der Waals surface area (Å²) in [5, 5.41) is 3.94. The zero-order chi connectivity index (χ0) is 20.8. The molecule has 0 bridgehead atoms. The molecule has 0 atom stereocenters. The predicted molar refractivity (Wildman–Crippen MR) is 120 cm³/mol. The number of anilines is 2. The van der Waals surface area contributed by atoms with E-state index in [-0.39, 0.29) is 5.91 Å². The molecule has 2 N–H and O–H groups in total. The number of benzene rings is 2. The van der Waals surface area contributed by atoms with Crippen molar-refractivity contribution in [3.8, 4) is 5.75 Å². The van der Waals surface area contributed by atoms with E-state index in [0.717, 1.165) is 47.7 Å². The fraction of sp³-hybridized carbons (Fsp3) is 0.348. The molecule has 3 aromatic rings. The predicted octanol–water partition coefficient (Wildman–Crippen LogP) is 4.21. The average Bonchev–Trinajstić information content (AvgIpc) is 3.16. The van der Waals surface area contributed by atoms with Crippen molar-refractivity contribution >= 4 is 28.2 Å². The Kier molecular flexibility index (Phi) is 6.77. The summed E-state index contributed by atoms with van der Waals surface area (Å²) in [6.07, 6.45) is 0. The number of carbonyl (C=O) groups excluding carboxylic acids is 1. The van der Waals surface area contributed by atoms with Crippen molar-refractivity contribution in [3.05, 3.63) is 54.2 Å². The highest BCUT2D eigenvalue weighted by Gasteiger charge is 2.11. The summed E-state index contributed by atoms with van der Waals surface area (Å²) in [4.78, 5) is 20.2. The highest BCUT2D eigenvalue weighted by atomic mass is 16.5. The number of fused-ring (bicyclic) bond motifs is 1. The van der Waals surface area contributed by atoms with Gasteiger partial charge in [-0.3, -0.25) is 4.79 Å². The number of hydrogen-bond acceptors (Lipinski definition) is 4. The number of rotatable bonds is 9. The fourth-order valence-corrected chi connectivity index (χ4v) is 3.18. The Bertz CT molecular complexity index is 943. The number of nitrogens with one attached hydrogen (secondary N) is 2. The third-order valence-electron chi connectivity index (χ3n) is 5.05. The first-order chi connectivity index (χ1) is 14.0. The Morgan fingerprint density at radius 2 is 1.76 bits per heavy atom. The van der Waals surface area contributed by atoms with Crippen LogP contribution in [0.3, 0.4) is 0 Å². The molecule has 29 heavy (non-hydrogen) atoms. The Balaban J connectivity index is 1.59. The summed E-state index contributed by atoms with van der Waals surface area (Å²) >= 11 is 0. The molecule has 0 aliphatic rings. The number of hydrogen-bond donors (Lipinski definition) is 2. The lowest BCUT2D eigenvalue weighted by Crippen LogP contribution is -2.27. The number of aromatic amines is 1. The van der Waals surface area contributed by atoms with Crippen LogP contribution in [-0.2, 0) is 0 Å². The van der Waals surface area contributed by atoms with Crippen molar-refractivity contribution in [3.63, 3.8) is 0 Å². The van der Waals surface area contributed by atoms with Crippen molar-refractivity contribution in [2.24, 2.45) is 0 Å². The van der Waals surface area contributed by atoms with Crippen LogP contribution < -0.4 is 15.0 Å². The van der Waals surface area contributed by atoms with Crippen molar-refractivity contribution in [2.75, 3.05) is 50.6 Å². The average molecular weight is 395 g/mol. The quantitative estimate of drug-likeness (QED) is 0.571. The SMILES string of the molecule is CCN(CC)CCOc1ccc(NC(=O)c2cc3ccc(N(C)C)cc3[nH]2)cc1. The Morgan fingerprint density at radius 3 is 2.41 bits per heavy atom. The molecule has 2 aromatic carbocycles. The Labute approximate surface area is 172 Å². The van der Waals surface area contributed by atoms with Gasteiger partial charge in [-0.05, 0) is 55.6 Å². The molecule has 0 fully saturated rings. The number of aromatic nitrogens is 1. The van der Waals surface area contributed by atoms with Crippen molar-refractivity contribution in [2.45, 2.75) is 13.8 Å². The second-order valence-electron chi connectivity index (χ2n) is 7.20. The molecular formula is C23H30N4O2. The zero-order valence-electron chi connectivity index (χ0n) is 17.7. The maximum absolute atomic E-state index is 12.6. The fourth-order valence-electron chi connectivity index (χ4n) is 3.18. The van der Waals surface area contributed by atoms with E-state index in [2.05, 4.69) is 29.0 Å². The third kappa shape index (κ3) is 5.29. The van der Waals surface area contributed by atoms with Crippen molar-refractivity contribution in [1.82, 2.24) is 9.88 Å². The molecule has 0 aliphatic carbocycles. The van der Waals surface area contributed by atoms with Crippen LogP contribution in [0, 0.1) is 0 Å². The van der Waals surface area contributed by atoms with Gasteiger partial charge in [0, 0.05) is 42.9 Å². The molecule has 0 saturated carbocycles. The maximum Gasteiger partial charge on any atom is 0.272 e. The molecule has 0 radical (unpaired) electrons. The summed E-state index contributed by atoms with van der Waals surface area (Å²) in [7, 11) is 3.99. The smallest absolute Gasteiger partial charge is 0.272 e. The largest absolute Gasteiger partial charge is 0.492 e. The lowest BCUT2D eigenvalue weighted by atomic mass is 10.2. The molecule has 154 valence electrons. The number of carbonyl (C=O) groups is 1. The van der Waals surface area contributed by atoms with E-state index >= 15 is 0 Å². The second-order valence-corrected chi connectivity index (χ2v) is 7.20. The van der Waals surface area contributed by atoms with Crippen LogP contribution >= 0.6 is 0 Å². The van der Waals surface area contributed by atoms with E-state index in [9.17, 15) is 4.79 Å². The summed E-state index contributed by atoms with van der Waals surface area (Å²) in [6.45, 7) is 7.90. The van der Waals surface area contributed by atoms with Crippen LogP contribution in [0.1, 0.15) is 24.3 Å². The van der Waals surface area contributed by atoms with Gasteiger partial charge >= 0.3 is 0 Å². The van der Waals surface area contributed by atoms with Gasteiger partial charge in [0.2, 0.25) is 0 Å². The second kappa shape index (κ2) is 9.47. The first-order valence-electron chi connectivity index (χ1n) is 10.1. The van der Waals surface area contributed by atoms with Gasteiger partial charge in [-0.2, -0.15) is 0 Å². The van der Waals surface area contributed by atoms with E-state index in [4.69, 9.17) is 4.74 Å². The highest BCUT2D eigenvalue weighted by molar-refractivity contribution is 6.06. The Hall–Kier alpha value is -2.99. The minimum absolute atomic E-state index is 0.164. The molecule has 1 aromatic heterocycles. The number of nitrogens with zero attached hydrogens (tertiary/aromatic N) is 2. The molecular weight excluding hydrogens is 364 g/mol. The van der Waals surface area contributed by atoms with Crippen LogP contribution in [0.5, 0.6) is 5.75 Å². The molecule has 1 amide bonds. The summed E-state index contributed by atoms with van der Waals surface area (Å²) in [5.41, 5.74) is 3.30. The van der Waals surface area contributed by atoms with E-state index in [1.165, 1.54) is 0 Å². The maximum atomic E-state index is 12.6. The van der Waals surface area contributed by atoms with Crippen LogP contribution in [-0.4, -0.2) is 56.1 Å². The van der Waals surface area contributed by atoms with Crippen LogP contribution in [0.4, 0.5) is 11.4 Å². The first kappa shape index (κ1) is 20.7. The molecule has 0 aliphatic heterocycles. The molecule has 6 heteroatoms. The molecule has 0 spiro atoms. The standard InChI is InChI=1S/C23H30N4O2/c1-5-27(6-2)13-14-29-20-11-8-18(9-12-20)24-23(28)22-15-17-7-10-19(26(3)4)16-21(17)25-22/h7-12,15-16,25H,5-6,13-14H2,1-4H3,(H,24,28). The molecule has 1 heterocycles. The summed E-state index contributed by atoms with van der Waals surface area (Å²) < 4.78 is 5.79. The zero-order valence-corrected chi connectivity index (χ0v) is 17.7. The van der Waals surface area contributed by atoms with Gasteiger partial charge in [0.15, 0.2) is 0 Å². The van der Waals surface area contributed by atoms with Crippen LogP contribution in [0.2, 0.25) is 0 Å². The summed E-state index contributed by atoms with van der Waals surface area (Å²) in [5.74, 6) is 0.639. The Morgan fingerprint density at radius 1 is 1.03 bits per heavy atom. The van der Waals surface area contributed by atoms with Gasteiger partial charge < -0.3 is 24.8 Å². The van der Waals surface area contributed by atoms with Crippen LogP contribution in [0.15, 0.2) is 48.5 Å². The minimum Gasteiger partial charge on any atom is -0.492 e. The number of H-pyrrole nitrogens is 1. The van der Waals surface area contributed by atoms with Gasteiger partial charge in [-0.15, -0.1) is 0 Å².